The number of nitrogens with two attached hydrogens (primary N) is 2. The standard InChI is InChI=1S/C18H24ClN7O5/c19-12-14(21)23-13(20)11(22-12)15(27)24-16(25-17(28)30-9-5-1-2-6-9)26-18(29)31-10-7-3-4-8-10/h9-10H,1-8H2,(H4,20,21,23)(H2,24,25,26,27,28,29). The van der Waals surface area contributed by atoms with Crippen molar-refractivity contribution in [3.05, 3.63) is 10.8 Å². The molecule has 2 aliphatic carbocycles. The van der Waals surface area contributed by atoms with Gasteiger partial charge in [-0.1, -0.05) is 11.6 Å². The molecule has 0 saturated heterocycles. The number of guanidine groups is 1. The molecule has 0 atom stereocenters. The quantitative estimate of drug-likeness (QED) is 0.393. The SMILES string of the molecule is Nc1nc(N)c(C(=O)N=C(NC(=O)OC2CCCC2)NC(=O)OC2CCCC2)nc1Cl. The summed E-state index contributed by atoms with van der Waals surface area (Å²) in [5.41, 5.74) is 10.8. The molecule has 3 amide bonds. The Morgan fingerprint density at radius 1 is 0.871 bits per heavy atom. The number of anilines is 2. The van der Waals surface area contributed by atoms with E-state index in [1.807, 2.05) is 0 Å². The number of alkyl carbamates (subject to hydrolysis) is 2. The van der Waals surface area contributed by atoms with Gasteiger partial charge in [-0.05, 0) is 51.4 Å². The molecule has 0 bridgehead atoms. The molecule has 0 radical (unpaired) electrons. The van der Waals surface area contributed by atoms with E-state index in [9.17, 15) is 14.4 Å². The van der Waals surface area contributed by atoms with E-state index in [-0.39, 0.29) is 29.0 Å². The minimum absolute atomic E-state index is 0.156. The Bertz CT molecular complexity index is 848. The lowest BCUT2D eigenvalue weighted by Gasteiger charge is -2.15. The Kier molecular flexibility index (Phi) is 7.45. The Labute approximate surface area is 183 Å². The summed E-state index contributed by atoms with van der Waals surface area (Å²) < 4.78 is 10.6. The van der Waals surface area contributed by atoms with Gasteiger partial charge in [0.05, 0.1) is 0 Å². The molecule has 2 fully saturated rings. The minimum atomic E-state index is -1.01. The number of nitrogen functional groups attached to an aromatic ring is 2. The highest BCUT2D eigenvalue weighted by Crippen LogP contribution is 2.22. The first-order chi connectivity index (χ1) is 14.8. The second-order valence-corrected chi connectivity index (χ2v) is 7.63. The second-order valence-electron chi connectivity index (χ2n) is 7.27. The molecule has 31 heavy (non-hydrogen) atoms. The van der Waals surface area contributed by atoms with Gasteiger partial charge in [0.15, 0.2) is 22.5 Å². The Morgan fingerprint density at radius 2 is 1.35 bits per heavy atom. The lowest BCUT2D eigenvalue weighted by molar-refractivity contribution is 0.0995. The third-order valence-electron chi connectivity index (χ3n) is 4.91. The Morgan fingerprint density at radius 3 is 1.84 bits per heavy atom. The van der Waals surface area contributed by atoms with Crippen LogP contribution in [0.25, 0.3) is 0 Å². The molecule has 13 heteroatoms. The normalized spacial score (nSPS) is 16.5. The predicted molar refractivity (Wildman–Crippen MR) is 111 cm³/mol. The van der Waals surface area contributed by atoms with E-state index < -0.39 is 29.7 Å². The highest BCUT2D eigenvalue weighted by atomic mass is 35.5. The lowest BCUT2D eigenvalue weighted by atomic mass is 10.3. The van der Waals surface area contributed by atoms with Crippen LogP contribution in [0.3, 0.4) is 0 Å². The fraction of sp³-hybridized carbons (Fsp3) is 0.556. The van der Waals surface area contributed by atoms with Gasteiger partial charge in [0, 0.05) is 0 Å². The average Bonchev–Trinajstić information content (AvgIpc) is 3.38. The number of amides is 3. The molecule has 2 aliphatic rings. The molecule has 2 saturated carbocycles. The summed E-state index contributed by atoms with van der Waals surface area (Å²) in [5.74, 6) is -1.97. The van der Waals surface area contributed by atoms with Crippen molar-refractivity contribution in [1.29, 1.82) is 0 Å². The van der Waals surface area contributed by atoms with Crippen LogP contribution < -0.4 is 22.1 Å². The number of nitrogens with one attached hydrogen (secondary N) is 2. The van der Waals surface area contributed by atoms with Crippen molar-refractivity contribution < 1.29 is 23.9 Å². The van der Waals surface area contributed by atoms with Crippen LogP contribution in [-0.4, -0.2) is 46.2 Å². The van der Waals surface area contributed by atoms with Gasteiger partial charge in [-0.3, -0.25) is 15.4 Å². The van der Waals surface area contributed by atoms with E-state index >= 15 is 0 Å². The minimum Gasteiger partial charge on any atom is -0.446 e. The topological polar surface area (TPSA) is 184 Å². The number of carbonyl (C=O) groups excluding carboxylic acids is 3. The van der Waals surface area contributed by atoms with E-state index in [4.69, 9.17) is 32.5 Å². The molecule has 0 spiro atoms. The van der Waals surface area contributed by atoms with Crippen LogP contribution in [-0.2, 0) is 9.47 Å². The highest BCUT2D eigenvalue weighted by Gasteiger charge is 2.24. The van der Waals surface area contributed by atoms with E-state index in [1.165, 1.54) is 0 Å². The van der Waals surface area contributed by atoms with Gasteiger partial charge in [0.1, 0.15) is 12.2 Å². The molecule has 0 aromatic carbocycles. The van der Waals surface area contributed by atoms with Crippen molar-refractivity contribution in [3.63, 3.8) is 0 Å². The summed E-state index contributed by atoms with van der Waals surface area (Å²) in [4.78, 5) is 48.1. The highest BCUT2D eigenvalue weighted by molar-refractivity contribution is 6.31. The third kappa shape index (κ3) is 6.41. The number of hydrogen-bond donors (Lipinski definition) is 4. The van der Waals surface area contributed by atoms with Crippen molar-refractivity contribution in [2.24, 2.45) is 4.99 Å². The molecular formula is C18H24ClN7O5. The zero-order chi connectivity index (χ0) is 22.4. The zero-order valence-electron chi connectivity index (χ0n) is 16.7. The van der Waals surface area contributed by atoms with Crippen molar-refractivity contribution in [3.8, 4) is 0 Å². The monoisotopic (exact) mass is 453 g/mol. The van der Waals surface area contributed by atoms with Crippen molar-refractivity contribution in [1.82, 2.24) is 20.6 Å². The van der Waals surface area contributed by atoms with Gasteiger partial charge in [-0.15, -0.1) is 0 Å². The summed E-state index contributed by atoms with van der Waals surface area (Å²) >= 11 is 5.79. The molecular weight excluding hydrogens is 430 g/mol. The maximum absolute atomic E-state index is 12.5. The van der Waals surface area contributed by atoms with Gasteiger partial charge < -0.3 is 20.9 Å². The number of rotatable bonds is 3. The molecule has 3 rings (SSSR count). The van der Waals surface area contributed by atoms with Crippen LogP contribution in [0, 0.1) is 0 Å². The first-order valence-corrected chi connectivity index (χ1v) is 10.4. The van der Waals surface area contributed by atoms with Crippen LogP contribution in [0.2, 0.25) is 5.15 Å². The fourth-order valence-corrected chi connectivity index (χ4v) is 3.53. The molecule has 1 aromatic rings. The van der Waals surface area contributed by atoms with Gasteiger partial charge >= 0.3 is 18.1 Å². The van der Waals surface area contributed by atoms with Crippen LogP contribution >= 0.6 is 11.6 Å². The van der Waals surface area contributed by atoms with Crippen LogP contribution in [0.15, 0.2) is 4.99 Å². The molecule has 0 aliphatic heterocycles. The van der Waals surface area contributed by atoms with E-state index in [0.29, 0.717) is 0 Å². The Balaban J connectivity index is 1.74. The number of hydrogen-bond acceptors (Lipinski definition) is 9. The van der Waals surface area contributed by atoms with Gasteiger partial charge in [0.25, 0.3) is 0 Å². The smallest absolute Gasteiger partial charge is 0.414 e. The van der Waals surface area contributed by atoms with Crippen molar-refractivity contribution in [2.45, 2.75) is 63.6 Å². The number of halogens is 1. The molecule has 1 heterocycles. The average molecular weight is 454 g/mol. The van der Waals surface area contributed by atoms with Crippen molar-refractivity contribution in [2.75, 3.05) is 11.5 Å². The number of ether oxygens (including phenoxy) is 2. The number of aliphatic imine (C=N–C) groups is 1. The summed E-state index contributed by atoms with van der Waals surface area (Å²) in [6, 6.07) is 0. The summed E-state index contributed by atoms with van der Waals surface area (Å²) in [7, 11) is 0. The number of carbonyl (C=O) groups is 3. The van der Waals surface area contributed by atoms with E-state index in [0.717, 1.165) is 51.4 Å². The molecule has 0 unspecified atom stereocenters. The molecule has 12 nitrogen and oxygen atoms in total. The zero-order valence-corrected chi connectivity index (χ0v) is 17.5. The van der Waals surface area contributed by atoms with Gasteiger partial charge in [0.2, 0.25) is 5.96 Å². The van der Waals surface area contributed by atoms with E-state index in [1.54, 1.807) is 0 Å². The number of nitrogens with zero attached hydrogens (tertiary/aromatic N) is 3. The second kappa shape index (κ2) is 10.2. The molecule has 168 valence electrons. The molecule has 1 aromatic heterocycles. The lowest BCUT2D eigenvalue weighted by Crippen LogP contribution is -2.46. The van der Waals surface area contributed by atoms with Gasteiger partial charge in [-0.25, -0.2) is 19.6 Å². The van der Waals surface area contributed by atoms with E-state index in [2.05, 4.69) is 25.6 Å². The van der Waals surface area contributed by atoms with Crippen molar-refractivity contribution >= 4 is 47.3 Å². The first kappa shape index (κ1) is 22.5. The molecule has 6 N–H and O–H groups in total. The predicted octanol–water partition coefficient (Wildman–Crippen LogP) is 2.13. The summed E-state index contributed by atoms with van der Waals surface area (Å²) in [6.07, 6.45) is 4.59. The third-order valence-corrected chi connectivity index (χ3v) is 5.19. The summed E-state index contributed by atoms with van der Waals surface area (Å²) in [5, 5.41) is 4.27. The summed E-state index contributed by atoms with van der Waals surface area (Å²) in [6.45, 7) is 0. The largest absolute Gasteiger partial charge is 0.446 e. The fourth-order valence-electron chi connectivity index (χ4n) is 3.41. The van der Waals surface area contributed by atoms with Crippen LogP contribution in [0.1, 0.15) is 61.9 Å². The van der Waals surface area contributed by atoms with Crippen LogP contribution in [0.5, 0.6) is 0 Å². The maximum Gasteiger partial charge on any atom is 0.414 e. The first-order valence-electron chi connectivity index (χ1n) is 9.98. The van der Waals surface area contributed by atoms with Crippen LogP contribution in [0.4, 0.5) is 21.2 Å². The van der Waals surface area contributed by atoms with Gasteiger partial charge in [-0.2, -0.15) is 4.99 Å². The maximum atomic E-state index is 12.5. The Hall–Kier alpha value is -3.15. The number of aromatic nitrogens is 2.